The Balaban J connectivity index is 1.78. The van der Waals surface area contributed by atoms with E-state index in [4.69, 9.17) is 4.74 Å². The SMILES string of the molecule is Cn1nc(C(F)(F)F)cc1-c1cnc(OCc2c(F)cccc2F)s1. The largest absolute Gasteiger partial charge is 0.465 e. The fourth-order valence-electron chi connectivity index (χ4n) is 2.08. The molecule has 1 aromatic carbocycles. The lowest BCUT2D eigenvalue weighted by molar-refractivity contribution is -0.141. The van der Waals surface area contributed by atoms with Gasteiger partial charge in [-0.3, -0.25) is 4.68 Å². The highest BCUT2D eigenvalue weighted by molar-refractivity contribution is 7.16. The summed E-state index contributed by atoms with van der Waals surface area (Å²) in [6, 6.07) is 4.33. The van der Waals surface area contributed by atoms with Crippen LogP contribution in [0.1, 0.15) is 11.3 Å². The molecule has 0 fully saturated rings. The standard InChI is InChI=1S/C15H10F5N3OS/c1-23-11(5-13(22-23)15(18,19)20)12-6-21-14(25-12)24-7-8-9(16)3-2-4-10(8)17/h2-6H,7H2,1H3. The fourth-order valence-corrected chi connectivity index (χ4v) is 2.90. The summed E-state index contributed by atoms with van der Waals surface area (Å²) in [7, 11) is 1.37. The van der Waals surface area contributed by atoms with E-state index in [9.17, 15) is 22.0 Å². The normalized spacial score (nSPS) is 11.8. The third-order valence-corrected chi connectivity index (χ3v) is 4.24. The van der Waals surface area contributed by atoms with Gasteiger partial charge in [-0.2, -0.15) is 18.3 Å². The lowest BCUT2D eigenvalue weighted by atomic mass is 10.2. The van der Waals surface area contributed by atoms with Gasteiger partial charge in [-0.1, -0.05) is 17.4 Å². The van der Waals surface area contributed by atoms with Crippen molar-refractivity contribution in [3.8, 4) is 15.8 Å². The maximum atomic E-state index is 13.5. The van der Waals surface area contributed by atoms with E-state index in [-0.39, 0.29) is 23.1 Å². The van der Waals surface area contributed by atoms with E-state index in [1.807, 2.05) is 0 Å². The second-order valence-electron chi connectivity index (χ2n) is 5.02. The molecule has 0 unspecified atom stereocenters. The molecule has 0 N–H and O–H groups in total. The molecule has 3 rings (SSSR count). The van der Waals surface area contributed by atoms with Crippen LogP contribution in [0.2, 0.25) is 0 Å². The lowest BCUT2D eigenvalue weighted by Gasteiger charge is -2.04. The molecule has 0 aliphatic carbocycles. The van der Waals surface area contributed by atoms with Crippen LogP contribution in [0.25, 0.3) is 10.6 Å². The van der Waals surface area contributed by atoms with Crippen LogP contribution in [0.5, 0.6) is 5.19 Å². The van der Waals surface area contributed by atoms with Crippen LogP contribution in [0.3, 0.4) is 0 Å². The Bertz CT molecular complexity index is 883. The molecule has 2 heterocycles. The summed E-state index contributed by atoms with van der Waals surface area (Å²) in [4.78, 5) is 4.29. The van der Waals surface area contributed by atoms with Crippen LogP contribution in [-0.2, 0) is 19.8 Å². The van der Waals surface area contributed by atoms with Gasteiger partial charge in [0.25, 0.3) is 5.19 Å². The van der Waals surface area contributed by atoms with Crippen molar-refractivity contribution in [3.05, 3.63) is 53.4 Å². The molecule has 10 heteroatoms. The zero-order valence-corrected chi connectivity index (χ0v) is 13.5. The monoisotopic (exact) mass is 375 g/mol. The van der Waals surface area contributed by atoms with E-state index in [0.717, 1.165) is 34.2 Å². The maximum absolute atomic E-state index is 13.5. The van der Waals surface area contributed by atoms with Crippen molar-refractivity contribution < 1.29 is 26.7 Å². The Kier molecular flexibility index (Phi) is 4.46. The molecule has 0 amide bonds. The number of halogens is 5. The molecule has 0 saturated heterocycles. The number of hydrogen-bond acceptors (Lipinski definition) is 4. The summed E-state index contributed by atoms with van der Waals surface area (Å²) in [6.07, 6.45) is -3.24. The zero-order chi connectivity index (χ0) is 18.2. The Morgan fingerprint density at radius 3 is 2.48 bits per heavy atom. The van der Waals surface area contributed by atoms with E-state index < -0.39 is 23.5 Å². The summed E-state index contributed by atoms with van der Waals surface area (Å²) in [5.41, 5.74) is -1.06. The molecule has 0 atom stereocenters. The van der Waals surface area contributed by atoms with Gasteiger partial charge in [-0.15, -0.1) is 0 Å². The molecule has 0 bridgehead atoms. The van der Waals surface area contributed by atoms with Crippen LogP contribution in [0.15, 0.2) is 30.5 Å². The highest BCUT2D eigenvalue weighted by Crippen LogP contribution is 2.35. The first-order chi connectivity index (χ1) is 11.8. The van der Waals surface area contributed by atoms with Gasteiger partial charge in [0.2, 0.25) is 0 Å². The molecule has 0 aliphatic heterocycles. The first-order valence-corrected chi connectivity index (χ1v) is 7.70. The van der Waals surface area contributed by atoms with Gasteiger partial charge in [-0.05, 0) is 18.2 Å². The smallest absolute Gasteiger partial charge is 0.435 e. The Labute approximate surface area is 142 Å². The fraction of sp³-hybridized carbons (Fsp3) is 0.200. The number of aryl methyl sites for hydroxylation is 1. The van der Waals surface area contributed by atoms with E-state index >= 15 is 0 Å². The van der Waals surface area contributed by atoms with E-state index in [1.54, 1.807) is 0 Å². The highest BCUT2D eigenvalue weighted by atomic mass is 32.1. The molecular formula is C15H10F5N3OS. The molecule has 0 saturated carbocycles. The van der Waals surface area contributed by atoms with Gasteiger partial charge < -0.3 is 4.74 Å². The Hall–Kier alpha value is -2.49. The quantitative estimate of drug-likeness (QED) is 0.634. The van der Waals surface area contributed by atoms with Gasteiger partial charge >= 0.3 is 6.18 Å². The topological polar surface area (TPSA) is 39.9 Å². The third-order valence-electron chi connectivity index (χ3n) is 3.31. The van der Waals surface area contributed by atoms with Crippen molar-refractivity contribution >= 4 is 11.3 Å². The van der Waals surface area contributed by atoms with Gasteiger partial charge in [0, 0.05) is 7.05 Å². The third kappa shape index (κ3) is 3.63. The molecular weight excluding hydrogens is 365 g/mol. The van der Waals surface area contributed by atoms with Gasteiger partial charge in [0.15, 0.2) is 5.69 Å². The van der Waals surface area contributed by atoms with Crippen molar-refractivity contribution in [2.45, 2.75) is 12.8 Å². The Morgan fingerprint density at radius 2 is 1.88 bits per heavy atom. The molecule has 0 spiro atoms. The first-order valence-electron chi connectivity index (χ1n) is 6.89. The molecule has 132 valence electrons. The zero-order valence-electron chi connectivity index (χ0n) is 12.6. The summed E-state index contributed by atoms with van der Waals surface area (Å²) in [5.74, 6) is -1.50. The summed E-state index contributed by atoms with van der Waals surface area (Å²) in [5, 5.41) is 3.49. The second kappa shape index (κ2) is 6.43. The highest BCUT2D eigenvalue weighted by Gasteiger charge is 2.34. The molecule has 0 radical (unpaired) electrons. The average Bonchev–Trinajstić information content (AvgIpc) is 3.12. The van der Waals surface area contributed by atoms with Crippen molar-refractivity contribution in [3.63, 3.8) is 0 Å². The molecule has 4 nitrogen and oxygen atoms in total. The molecule has 25 heavy (non-hydrogen) atoms. The number of thiazole rings is 1. The number of benzene rings is 1. The minimum Gasteiger partial charge on any atom is -0.465 e. The number of aromatic nitrogens is 3. The van der Waals surface area contributed by atoms with Gasteiger partial charge in [0.1, 0.15) is 18.2 Å². The Morgan fingerprint density at radius 1 is 1.20 bits per heavy atom. The molecule has 3 aromatic rings. The molecule has 0 aliphatic rings. The van der Waals surface area contributed by atoms with Crippen molar-refractivity contribution in [2.75, 3.05) is 0 Å². The minimum absolute atomic E-state index is 0.0763. The second-order valence-corrected chi connectivity index (χ2v) is 6.01. The number of ether oxygens (including phenoxy) is 1. The van der Waals surface area contributed by atoms with E-state index in [1.165, 1.54) is 19.3 Å². The van der Waals surface area contributed by atoms with Crippen LogP contribution in [-0.4, -0.2) is 14.8 Å². The van der Waals surface area contributed by atoms with Crippen LogP contribution < -0.4 is 4.74 Å². The van der Waals surface area contributed by atoms with Crippen LogP contribution >= 0.6 is 11.3 Å². The summed E-state index contributed by atoms with van der Waals surface area (Å²) < 4.78 is 71.5. The van der Waals surface area contributed by atoms with E-state index in [2.05, 4.69) is 10.1 Å². The summed E-state index contributed by atoms with van der Waals surface area (Å²) in [6.45, 7) is -0.384. The molecule has 2 aromatic heterocycles. The number of alkyl halides is 3. The number of hydrogen-bond donors (Lipinski definition) is 0. The predicted molar refractivity (Wildman–Crippen MR) is 80.0 cm³/mol. The van der Waals surface area contributed by atoms with Crippen LogP contribution in [0, 0.1) is 11.6 Å². The predicted octanol–water partition coefficient (Wildman–Crippen LogP) is 4.42. The van der Waals surface area contributed by atoms with Crippen molar-refractivity contribution in [1.29, 1.82) is 0 Å². The number of nitrogens with zero attached hydrogens (tertiary/aromatic N) is 3. The lowest BCUT2D eigenvalue weighted by Crippen LogP contribution is -2.06. The van der Waals surface area contributed by atoms with E-state index in [0.29, 0.717) is 4.88 Å². The number of rotatable bonds is 4. The van der Waals surface area contributed by atoms with Gasteiger partial charge in [-0.25, -0.2) is 13.8 Å². The van der Waals surface area contributed by atoms with Crippen molar-refractivity contribution in [2.24, 2.45) is 7.05 Å². The minimum atomic E-state index is -4.55. The average molecular weight is 375 g/mol. The maximum Gasteiger partial charge on any atom is 0.435 e. The van der Waals surface area contributed by atoms with Crippen LogP contribution in [0.4, 0.5) is 22.0 Å². The van der Waals surface area contributed by atoms with Gasteiger partial charge in [0.05, 0.1) is 22.3 Å². The summed E-state index contributed by atoms with van der Waals surface area (Å²) >= 11 is 0.949. The van der Waals surface area contributed by atoms with Crippen molar-refractivity contribution in [1.82, 2.24) is 14.8 Å². The first kappa shape index (κ1) is 17.3.